The number of hydrogen-bond acceptors (Lipinski definition) is 7. The first-order valence-corrected chi connectivity index (χ1v) is 9.54. The lowest BCUT2D eigenvalue weighted by atomic mass is 9.95. The molecular weight excluding hydrogens is 360 g/mol. The van der Waals surface area contributed by atoms with E-state index in [0.717, 1.165) is 31.0 Å². The standard InChI is InChI=1S/C17H24N10O/c1-3-26-15(10-24-9-6-18-12-24)20-21-17(26)14-4-7-25(8-5-14)16(28)11-27-13(2)19-22-23-27/h6,9,12,14H,3-5,7-8,10-11H2,1-2H3. The summed E-state index contributed by atoms with van der Waals surface area (Å²) < 4.78 is 5.71. The third-order valence-corrected chi connectivity index (χ3v) is 5.26. The lowest BCUT2D eigenvalue weighted by molar-refractivity contribution is -0.133. The van der Waals surface area contributed by atoms with Crippen molar-refractivity contribution < 1.29 is 4.79 Å². The molecule has 28 heavy (non-hydrogen) atoms. The van der Waals surface area contributed by atoms with Crippen LogP contribution < -0.4 is 0 Å². The van der Waals surface area contributed by atoms with Crippen LogP contribution in [0.1, 0.15) is 43.2 Å². The minimum absolute atomic E-state index is 0.0478. The van der Waals surface area contributed by atoms with E-state index in [4.69, 9.17) is 0 Å². The Kier molecular flexibility index (Phi) is 5.13. The SMILES string of the molecule is CCn1c(Cn2ccnc2)nnc1C1CCN(C(=O)Cn2nnnc2C)CC1. The van der Waals surface area contributed by atoms with E-state index in [-0.39, 0.29) is 12.5 Å². The number of aryl methyl sites for hydroxylation is 1. The Labute approximate surface area is 162 Å². The van der Waals surface area contributed by atoms with Crippen molar-refractivity contribution in [3.63, 3.8) is 0 Å². The molecule has 1 amide bonds. The quantitative estimate of drug-likeness (QED) is 0.598. The molecule has 0 N–H and O–H groups in total. The average molecular weight is 384 g/mol. The van der Waals surface area contributed by atoms with Gasteiger partial charge in [0.1, 0.15) is 18.2 Å². The summed E-state index contributed by atoms with van der Waals surface area (Å²) in [6.07, 6.45) is 7.22. The van der Waals surface area contributed by atoms with Crippen LogP contribution in [0.3, 0.4) is 0 Å². The molecule has 0 aliphatic carbocycles. The molecule has 0 aromatic carbocycles. The zero-order valence-corrected chi connectivity index (χ0v) is 16.1. The van der Waals surface area contributed by atoms with Crippen molar-refractivity contribution in [2.75, 3.05) is 13.1 Å². The molecule has 1 aliphatic rings. The number of likely N-dealkylation sites (tertiary alicyclic amines) is 1. The van der Waals surface area contributed by atoms with E-state index in [1.807, 2.05) is 15.7 Å². The van der Waals surface area contributed by atoms with Crippen LogP contribution in [0, 0.1) is 6.92 Å². The van der Waals surface area contributed by atoms with Gasteiger partial charge in [0.2, 0.25) is 5.91 Å². The van der Waals surface area contributed by atoms with Crippen LogP contribution >= 0.6 is 0 Å². The summed E-state index contributed by atoms with van der Waals surface area (Å²) in [5.41, 5.74) is 0. The van der Waals surface area contributed by atoms with E-state index < -0.39 is 0 Å². The van der Waals surface area contributed by atoms with E-state index >= 15 is 0 Å². The fraction of sp³-hybridized carbons (Fsp3) is 0.588. The summed E-state index contributed by atoms with van der Waals surface area (Å²) in [5, 5.41) is 20.1. The Bertz CT molecular complexity index is 920. The second kappa shape index (κ2) is 7.87. The molecule has 0 radical (unpaired) electrons. The van der Waals surface area contributed by atoms with Crippen LogP contribution in [-0.2, 0) is 24.4 Å². The molecular formula is C17H24N10O. The highest BCUT2D eigenvalue weighted by atomic mass is 16.2. The Morgan fingerprint density at radius 1 is 1.21 bits per heavy atom. The summed E-state index contributed by atoms with van der Waals surface area (Å²) in [4.78, 5) is 18.5. The first kappa shape index (κ1) is 18.3. The minimum atomic E-state index is 0.0478. The third kappa shape index (κ3) is 3.64. The van der Waals surface area contributed by atoms with Crippen LogP contribution in [0.25, 0.3) is 0 Å². The van der Waals surface area contributed by atoms with E-state index in [9.17, 15) is 4.79 Å². The molecule has 0 bridgehead atoms. The second-order valence-electron chi connectivity index (χ2n) is 6.99. The molecule has 3 aromatic heterocycles. The summed E-state index contributed by atoms with van der Waals surface area (Å²) >= 11 is 0. The van der Waals surface area contributed by atoms with Crippen molar-refractivity contribution in [3.8, 4) is 0 Å². The zero-order chi connectivity index (χ0) is 19.5. The van der Waals surface area contributed by atoms with Gasteiger partial charge in [-0.2, -0.15) is 0 Å². The highest BCUT2D eigenvalue weighted by molar-refractivity contribution is 5.76. The van der Waals surface area contributed by atoms with E-state index in [1.54, 1.807) is 19.4 Å². The maximum absolute atomic E-state index is 12.5. The van der Waals surface area contributed by atoms with E-state index in [0.29, 0.717) is 31.4 Å². The number of carbonyl (C=O) groups excluding carboxylic acids is 1. The van der Waals surface area contributed by atoms with Gasteiger partial charge in [-0.05, 0) is 37.1 Å². The maximum Gasteiger partial charge on any atom is 0.244 e. The largest absolute Gasteiger partial charge is 0.341 e. The molecule has 11 heteroatoms. The minimum Gasteiger partial charge on any atom is -0.341 e. The molecule has 0 spiro atoms. The van der Waals surface area contributed by atoms with Crippen LogP contribution in [0.4, 0.5) is 0 Å². The Morgan fingerprint density at radius 3 is 2.68 bits per heavy atom. The molecule has 4 heterocycles. The van der Waals surface area contributed by atoms with E-state index in [2.05, 4.69) is 42.2 Å². The normalized spacial score (nSPS) is 15.3. The van der Waals surface area contributed by atoms with Gasteiger partial charge in [0.05, 0.1) is 12.9 Å². The number of aromatic nitrogens is 9. The third-order valence-electron chi connectivity index (χ3n) is 5.26. The van der Waals surface area contributed by atoms with Gasteiger partial charge in [-0.15, -0.1) is 15.3 Å². The van der Waals surface area contributed by atoms with Crippen molar-refractivity contribution in [1.82, 2.24) is 49.4 Å². The number of hydrogen-bond donors (Lipinski definition) is 0. The van der Waals surface area contributed by atoms with Crippen molar-refractivity contribution >= 4 is 5.91 Å². The van der Waals surface area contributed by atoms with Gasteiger partial charge in [-0.25, -0.2) is 9.67 Å². The maximum atomic E-state index is 12.5. The number of rotatable bonds is 6. The van der Waals surface area contributed by atoms with E-state index in [1.165, 1.54) is 4.68 Å². The lowest BCUT2D eigenvalue weighted by Crippen LogP contribution is -2.40. The fourth-order valence-corrected chi connectivity index (χ4v) is 3.67. The lowest BCUT2D eigenvalue weighted by Gasteiger charge is -2.31. The number of tetrazole rings is 1. The van der Waals surface area contributed by atoms with Gasteiger partial charge < -0.3 is 14.0 Å². The molecule has 0 saturated carbocycles. The first-order valence-electron chi connectivity index (χ1n) is 9.54. The van der Waals surface area contributed by atoms with Gasteiger partial charge >= 0.3 is 0 Å². The van der Waals surface area contributed by atoms with Gasteiger partial charge in [-0.3, -0.25) is 4.79 Å². The van der Waals surface area contributed by atoms with Crippen molar-refractivity contribution in [1.29, 1.82) is 0 Å². The Morgan fingerprint density at radius 2 is 2.04 bits per heavy atom. The van der Waals surface area contributed by atoms with Crippen molar-refractivity contribution in [2.45, 2.75) is 52.2 Å². The number of nitrogens with zero attached hydrogens (tertiary/aromatic N) is 10. The fourth-order valence-electron chi connectivity index (χ4n) is 3.67. The number of imidazole rings is 1. The summed E-state index contributed by atoms with van der Waals surface area (Å²) in [5.74, 6) is 2.95. The smallest absolute Gasteiger partial charge is 0.244 e. The summed E-state index contributed by atoms with van der Waals surface area (Å²) in [7, 11) is 0. The molecule has 1 aliphatic heterocycles. The monoisotopic (exact) mass is 384 g/mol. The zero-order valence-electron chi connectivity index (χ0n) is 16.1. The molecule has 0 unspecified atom stereocenters. The predicted molar refractivity (Wildman–Crippen MR) is 98.1 cm³/mol. The van der Waals surface area contributed by atoms with Crippen LogP contribution in [0.2, 0.25) is 0 Å². The summed E-state index contributed by atoms with van der Waals surface area (Å²) in [6.45, 7) is 6.98. The molecule has 1 fully saturated rings. The number of piperidine rings is 1. The number of amides is 1. The summed E-state index contributed by atoms with van der Waals surface area (Å²) in [6, 6.07) is 0. The van der Waals surface area contributed by atoms with Crippen LogP contribution in [0.5, 0.6) is 0 Å². The molecule has 1 saturated heterocycles. The van der Waals surface area contributed by atoms with Gasteiger partial charge in [0.25, 0.3) is 0 Å². The predicted octanol–water partition coefficient (Wildman–Crippen LogP) is 0.244. The Balaban J connectivity index is 1.39. The van der Waals surface area contributed by atoms with Gasteiger partial charge in [0, 0.05) is 37.9 Å². The second-order valence-corrected chi connectivity index (χ2v) is 6.99. The highest BCUT2D eigenvalue weighted by Gasteiger charge is 2.28. The van der Waals surface area contributed by atoms with Gasteiger partial charge in [-0.1, -0.05) is 0 Å². The molecule has 0 atom stereocenters. The first-order chi connectivity index (χ1) is 13.7. The average Bonchev–Trinajstić information content (AvgIpc) is 3.45. The molecule has 3 aromatic rings. The topological polar surface area (TPSA) is 112 Å². The Hall–Kier alpha value is -3.11. The van der Waals surface area contributed by atoms with Crippen molar-refractivity contribution in [3.05, 3.63) is 36.2 Å². The van der Waals surface area contributed by atoms with Gasteiger partial charge in [0.15, 0.2) is 5.82 Å². The van der Waals surface area contributed by atoms with Crippen LogP contribution in [0.15, 0.2) is 18.7 Å². The molecule has 148 valence electrons. The molecule has 11 nitrogen and oxygen atoms in total. The highest BCUT2D eigenvalue weighted by Crippen LogP contribution is 2.27. The van der Waals surface area contributed by atoms with Crippen LogP contribution in [-0.4, -0.2) is 68.4 Å². The van der Waals surface area contributed by atoms with Crippen molar-refractivity contribution in [2.24, 2.45) is 0 Å². The molecule has 4 rings (SSSR count). The number of carbonyl (C=O) groups is 1.